The minimum absolute atomic E-state index is 0.153. The van der Waals surface area contributed by atoms with Crippen molar-refractivity contribution in [2.45, 2.75) is 18.5 Å². The van der Waals surface area contributed by atoms with Crippen molar-refractivity contribution in [3.8, 4) is 0 Å². The van der Waals surface area contributed by atoms with Crippen molar-refractivity contribution in [1.29, 1.82) is 0 Å². The number of primary amides is 1. The lowest BCUT2D eigenvalue weighted by molar-refractivity contribution is 0.100. The number of rotatable bonds is 3. The number of thiophene rings is 1. The van der Waals surface area contributed by atoms with Crippen LogP contribution < -0.4 is 16.0 Å². The van der Waals surface area contributed by atoms with Crippen LogP contribution in [0.15, 0.2) is 30.6 Å². The lowest BCUT2D eigenvalue weighted by Crippen LogP contribution is -2.70. The average Bonchev–Trinajstić information content (AvgIpc) is 3.16. The van der Waals surface area contributed by atoms with Gasteiger partial charge < -0.3 is 20.9 Å². The molecule has 3 N–H and O–H groups in total. The zero-order valence-corrected chi connectivity index (χ0v) is 17.8. The van der Waals surface area contributed by atoms with Crippen molar-refractivity contribution in [2.75, 3.05) is 23.3 Å². The summed E-state index contributed by atoms with van der Waals surface area (Å²) in [4.78, 5) is 37.4. The van der Waals surface area contributed by atoms with Crippen molar-refractivity contribution in [2.24, 2.45) is 5.73 Å². The van der Waals surface area contributed by atoms with Gasteiger partial charge in [0.25, 0.3) is 5.91 Å². The standard InChI is InChI=1S/C19H16Cl2N6O2S/c20-12-2-1-9(3-13(12)21)25-19(29)26-6-10-4-11(7-26)27(10)18-16-14(23-8-24-18)5-15(30-16)17(22)28/h1-3,5,8,10-11H,4,6-7H2,(H2,22,28)(H,25,29)/t10-,11+. The van der Waals surface area contributed by atoms with E-state index in [1.807, 2.05) is 0 Å². The van der Waals surface area contributed by atoms with E-state index in [4.69, 9.17) is 28.9 Å². The molecule has 6 rings (SSSR count). The number of nitrogens with two attached hydrogens (primary N) is 1. The van der Waals surface area contributed by atoms with Gasteiger partial charge in [0, 0.05) is 18.8 Å². The first-order valence-electron chi connectivity index (χ1n) is 9.24. The third kappa shape index (κ3) is 3.23. The van der Waals surface area contributed by atoms with Gasteiger partial charge in [0.1, 0.15) is 6.33 Å². The highest BCUT2D eigenvalue weighted by molar-refractivity contribution is 7.21. The molecule has 5 heterocycles. The summed E-state index contributed by atoms with van der Waals surface area (Å²) >= 11 is 13.3. The summed E-state index contributed by atoms with van der Waals surface area (Å²) in [5.41, 5.74) is 6.72. The van der Waals surface area contributed by atoms with Gasteiger partial charge in [-0.25, -0.2) is 14.8 Å². The Bertz CT molecular complexity index is 1170. The van der Waals surface area contributed by atoms with Gasteiger partial charge in [-0.3, -0.25) is 4.79 Å². The van der Waals surface area contributed by atoms with Crippen molar-refractivity contribution in [3.05, 3.63) is 45.5 Å². The molecule has 2 bridgehead atoms. The molecule has 3 aliphatic rings. The zero-order valence-electron chi connectivity index (χ0n) is 15.5. The van der Waals surface area contributed by atoms with Gasteiger partial charge in [-0.05, 0) is 30.7 Å². The Balaban J connectivity index is 1.32. The maximum absolute atomic E-state index is 12.7. The second kappa shape index (κ2) is 7.26. The molecule has 3 aliphatic heterocycles. The van der Waals surface area contributed by atoms with Crippen LogP contribution >= 0.6 is 34.5 Å². The van der Waals surface area contributed by atoms with E-state index in [9.17, 15) is 9.59 Å². The van der Waals surface area contributed by atoms with E-state index in [-0.39, 0.29) is 18.1 Å². The van der Waals surface area contributed by atoms with Crippen LogP contribution in [-0.4, -0.2) is 52.0 Å². The predicted molar refractivity (Wildman–Crippen MR) is 118 cm³/mol. The van der Waals surface area contributed by atoms with Crippen LogP contribution in [0.25, 0.3) is 10.2 Å². The van der Waals surface area contributed by atoms with Gasteiger partial charge in [-0.1, -0.05) is 23.2 Å². The highest BCUT2D eigenvalue weighted by atomic mass is 35.5. The van der Waals surface area contributed by atoms with Gasteiger partial charge in [0.05, 0.1) is 37.2 Å². The molecule has 0 saturated carbocycles. The highest BCUT2D eigenvalue weighted by Gasteiger charge is 2.47. The maximum Gasteiger partial charge on any atom is 0.321 e. The molecule has 0 aliphatic carbocycles. The van der Waals surface area contributed by atoms with Crippen LogP contribution in [0, 0.1) is 0 Å². The summed E-state index contributed by atoms with van der Waals surface area (Å²) in [5.74, 6) is 0.321. The monoisotopic (exact) mass is 462 g/mol. The number of hydrogen-bond acceptors (Lipinski definition) is 6. The van der Waals surface area contributed by atoms with Crippen molar-refractivity contribution < 1.29 is 9.59 Å². The van der Waals surface area contributed by atoms with Gasteiger partial charge in [-0.15, -0.1) is 11.3 Å². The van der Waals surface area contributed by atoms with E-state index in [2.05, 4.69) is 20.2 Å². The first kappa shape index (κ1) is 19.3. The van der Waals surface area contributed by atoms with Gasteiger partial charge in [0.15, 0.2) is 5.82 Å². The highest BCUT2D eigenvalue weighted by Crippen LogP contribution is 2.41. The topological polar surface area (TPSA) is 104 Å². The number of benzene rings is 1. The van der Waals surface area contributed by atoms with E-state index in [1.54, 1.807) is 29.2 Å². The number of amides is 3. The Morgan fingerprint density at radius 1 is 1.13 bits per heavy atom. The van der Waals surface area contributed by atoms with Gasteiger partial charge in [-0.2, -0.15) is 0 Å². The smallest absolute Gasteiger partial charge is 0.321 e. The summed E-state index contributed by atoms with van der Waals surface area (Å²) < 4.78 is 0.842. The molecule has 0 radical (unpaired) electrons. The van der Waals surface area contributed by atoms with Crippen LogP contribution in [0.5, 0.6) is 0 Å². The molecule has 0 spiro atoms. The average molecular weight is 463 g/mol. The molecule has 3 fully saturated rings. The summed E-state index contributed by atoms with van der Waals surface area (Å²) in [7, 11) is 0. The molecule has 8 nitrogen and oxygen atoms in total. The molecule has 154 valence electrons. The van der Waals surface area contributed by atoms with Crippen LogP contribution in [-0.2, 0) is 0 Å². The number of carbonyl (C=O) groups excluding carboxylic acids is 2. The zero-order chi connectivity index (χ0) is 21.0. The number of hydrogen-bond donors (Lipinski definition) is 2. The van der Waals surface area contributed by atoms with E-state index in [0.29, 0.717) is 39.2 Å². The van der Waals surface area contributed by atoms with Crippen LogP contribution in [0.2, 0.25) is 10.0 Å². The summed E-state index contributed by atoms with van der Waals surface area (Å²) in [6.07, 6.45) is 2.48. The molecule has 1 aromatic carbocycles. The first-order chi connectivity index (χ1) is 14.4. The maximum atomic E-state index is 12.7. The predicted octanol–water partition coefficient (Wildman–Crippen LogP) is 3.59. The minimum atomic E-state index is -0.474. The number of fused-ring (bicyclic) bond motifs is 3. The Kier molecular flexibility index (Phi) is 4.68. The number of aromatic nitrogens is 2. The summed E-state index contributed by atoms with van der Waals surface area (Å²) in [6.45, 7) is 1.15. The molecule has 0 unspecified atom stereocenters. The van der Waals surface area contributed by atoms with Crippen LogP contribution in [0.1, 0.15) is 16.1 Å². The largest absolute Gasteiger partial charge is 0.365 e. The van der Waals surface area contributed by atoms with E-state index in [1.165, 1.54) is 17.7 Å². The number of anilines is 2. The minimum Gasteiger partial charge on any atom is -0.365 e. The quantitative estimate of drug-likeness (QED) is 0.618. The number of nitrogens with one attached hydrogen (secondary N) is 1. The Labute approximate surface area is 185 Å². The van der Waals surface area contributed by atoms with E-state index >= 15 is 0 Å². The fourth-order valence-corrected chi connectivity index (χ4v) is 5.30. The number of carbonyl (C=O) groups is 2. The molecule has 3 amide bonds. The molecule has 3 saturated heterocycles. The summed E-state index contributed by atoms with van der Waals surface area (Å²) in [6, 6.07) is 6.82. The van der Waals surface area contributed by atoms with Crippen molar-refractivity contribution in [3.63, 3.8) is 0 Å². The van der Waals surface area contributed by atoms with E-state index < -0.39 is 5.91 Å². The SMILES string of the molecule is NC(=O)c1cc2ncnc(N3[C@@H]4C[C@H]3CN(C(=O)Nc3ccc(Cl)c(Cl)c3)C4)c2s1. The number of halogens is 2. The molecule has 2 atom stereocenters. The normalized spacial score (nSPS) is 20.2. The van der Waals surface area contributed by atoms with E-state index in [0.717, 1.165) is 16.9 Å². The molecule has 2 aromatic heterocycles. The van der Waals surface area contributed by atoms with Crippen molar-refractivity contribution in [1.82, 2.24) is 14.9 Å². The molecular weight excluding hydrogens is 447 g/mol. The van der Waals surface area contributed by atoms with Crippen LogP contribution in [0.4, 0.5) is 16.3 Å². The first-order valence-corrected chi connectivity index (χ1v) is 10.8. The third-order valence-electron chi connectivity index (χ3n) is 5.43. The Hall–Kier alpha value is -2.62. The van der Waals surface area contributed by atoms with Crippen LogP contribution in [0.3, 0.4) is 0 Å². The second-order valence-corrected chi connectivity index (χ2v) is 9.17. The number of piperazine rings is 1. The molecule has 30 heavy (non-hydrogen) atoms. The second-order valence-electron chi connectivity index (χ2n) is 7.30. The fourth-order valence-electron chi connectivity index (χ4n) is 4.05. The lowest BCUT2D eigenvalue weighted by Gasteiger charge is -2.56. The molecular formula is C19H16Cl2N6O2S. The number of piperidine rings is 1. The Morgan fingerprint density at radius 2 is 1.90 bits per heavy atom. The molecule has 3 aromatic rings. The van der Waals surface area contributed by atoms with Crippen molar-refractivity contribution >= 4 is 68.2 Å². The Morgan fingerprint density at radius 3 is 2.60 bits per heavy atom. The number of nitrogens with zero attached hydrogens (tertiary/aromatic N) is 4. The molecule has 11 heteroatoms. The third-order valence-corrected chi connectivity index (χ3v) is 7.30. The summed E-state index contributed by atoms with van der Waals surface area (Å²) in [5, 5.41) is 3.70. The van der Waals surface area contributed by atoms with Gasteiger partial charge in [0.2, 0.25) is 0 Å². The lowest BCUT2D eigenvalue weighted by atomic mass is 9.87. The fraction of sp³-hybridized carbons (Fsp3) is 0.263. The number of urea groups is 1. The van der Waals surface area contributed by atoms with Gasteiger partial charge >= 0.3 is 6.03 Å².